The molecule has 0 radical (unpaired) electrons. The molecule has 0 saturated carbocycles. The summed E-state index contributed by atoms with van der Waals surface area (Å²) < 4.78 is 2.04. The number of hydrogen-bond donors (Lipinski definition) is 1. The van der Waals surface area contributed by atoms with Gasteiger partial charge in [0.05, 0.1) is 11.9 Å². The molecule has 2 bridgehead atoms. The van der Waals surface area contributed by atoms with Gasteiger partial charge in [-0.2, -0.15) is 0 Å². The number of piperidine rings is 2. The lowest BCUT2D eigenvalue weighted by atomic mass is 9.74. The minimum atomic E-state index is -0.733. The van der Waals surface area contributed by atoms with E-state index in [1.54, 1.807) is 0 Å². The van der Waals surface area contributed by atoms with E-state index in [2.05, 4.69) is 16.9 Å². The van der Waals surface area contributed by atoms with Crippen molar-refractivity contribution < 1.29 is 5.11 Å². The zero-order chi connectivity index (χ0) is 13.7. The number of fused-ring (bicyclic) bond motifs is 3. The quantitative estimate of drug-likeness (QED) is 0.864. The SMILES string of the molecule is CN1C2CCCC1CC(O)(c1cnc3ccccn13)C2. The lowest BCUT2D eigenvalue weighted by molar-refractivity contribution is -0.0902. The highest BCUT2D eigenvalue weighted by atomic mass is 16.3. The Morgan fingerprint density at radius 2 is 2.00 bits per heavy atom. The molecule has 2 saturated heterocycles. The number of pyridine rings is 1. The molecular weight excluding hydrogens is 250 g/mol. The smallest absolute Gasteiger partial charge is 0.136 e. The Morgan fingerprint density at radius 1 is 1.25 bits per heavy atom. The maximum Gasteiger partial charge on any atom is 0.136 e. The van der Waals surface area contributed by atoms with Crippen LogP contribution >= 0.6 is 0 Å². The Morgan fingerprint density at radius 3 is 2.75 bits per heavy atom. The maximum atomic E-state index is 11.3. The first-order valence-electron chi connectivity index (χ1n) is 7.54. The first kappa shape index (κ1) is 12.4. The van der Waals surface area contributed by atoms with E-state index in [-0.39, 0.29) is 0 Å². The third kappa shape index (κ3) is 1.71. The topological polar surface area (TPSA) is 40.8 Å². The molecule has 0 aliphatic carbocycles. The zero-order valence-corrected chi connectivity index (χ0v) is 11.9. The van der Waals surface area contributed by atoms with Crippen LogP contribution in [0.3, 0.4) is 0 Å². The van der Waals surface area contributed by atoms with Crippen molar-refractivity contribution in [3.05, 3.63) is 36.3 Å². The molecule has 4 rings (SSSR count). The maximum absolute atomic E-state index is 11.3. The number of imidazole rings is 1. The predicted molar refractivity (Wildman–Crippen MR) is 77.5 cm³/mol. The second-order valence-electron chi connectivity index (χ2n) is 6.42. The molecule has 4 heteroatoms. The Kier molecular flexibility index (Phi) is 2.66. The van der Waals surface area contributed by atoms with Crippen LogP contribution in [0.1, 0.15) is 37.8 Å². The highest BCUT2D eigenvalue weighted by Crippen LogP contribution is 2.43. The van der Waals surface area contributed by atoms with Crippen LogP contribution in [0, 0.1) is 0 Å². The fraction of sp³-hybridized carbons (Fsp3) is 0.562. The van der Waals surface area contributed by atoms with Gasteiger partial charge in [-0.15, -0.1) is 0 Å². The van der Waals surface area contributed by atoms with E-state index in [1.807, 2.05) is 35.0 Å². The molecular formula is C16H21N3O. The summed E-state index contributed by atoms with van der Waals surface area (Å²) in [6.45, 7) is 0. The second-order valence-corrected chi connectivity index (χ2v) is 6.42. The minimum absolute atomic E-state index is 0.502. The van der Waals surface area contributed by atoms with Crippen molar-refractivity contribution in [2.24, 2.45) is 0 Å². The number of nitrogens with zero attached hydrogens (tertiary/aromatic N) is 3. The molecule has 0 aromatic carbocycles. The first-order valence-corrected chi connectivity index (χ1v) is 7.54. The molecule has 2 aliphatic heterocycles. The van der Waals surface area contributed by atoms with Gasteiger partial charge in [-0.05, 0) is 44.9 Å². The van der Waals surface area contributed by atoms with E-state index >= 15 is 0 Å². The lowest BCUT2D eigenvalue weighted by Gasteiger charge is -2.50. The van der Waals surface area contributed by atoms with Crippen LogP contribution in [0.2, 0.25) is 0 Å². The summed E-state index contributed by atoms with van der Waals surface area (Å²) in [5, 5.41) is 11.3. The van der Waals surface area contributed by atoms with Crippen molar-refractivity contribution in [1.29, 1.82) is 0 Å². The van der Waals surface area contributed by atoms with E-state index in [0.29, 0.717) is 12.1 Å². The van der Waals surface area contributed by atoms with Gasteiger partial charge < -0.3 is 14.4 Å². The van der Waals surface area contributed by atoms with E-state index in [9.17, 15) is 5.11 Å². The van der Waals surface area contributed by atoms with Gasteiger partial charge in [0, 0.05) is 18.3 Å². The van der Waals surface area contributed by atoms with E-state index in [4.69, 9.17) is 0 Å². The number of rotatable bonds is 1. The summed E-state index contributed by atoms with van der Waals surface area (Å²) in [5.41, 5.74) is 1.14. The third-order valence-corrected chi connectivity index (χ3v) is 5.27. The molecule has 2 fully saturated rings. The molecule has 2 aliphatic rings. The summed E-state index contributed by atoms with van der Waals surface area (Å²) in [7, 11) is 2.21. The second kappa shape index (κ2) is 4.30. The average Bonchev–Trinajstić information content (AvgIpc) is 2.85. The highest BCUT2D eigenvalue weighted by molar-refractivity contribution is 5.41. The van der Waals surface area contributed by atoms with Crippen LogP contribution in [-0.2, 0) is 5.60 Å². The summed E-state index contributed by atoms with van der Waals surface area (Å²) >= 11 is 0. The fourth-order valence-electron chi connectivity index (χ4n) is 4.14. The van der Waals surface area contributed by atoms with E-state index in [0.717, 1.165) is 24.2 Å². The predicted octanol–water partition coefficient (Wildman–Crippen LogP) is 2.17. The summed E-state index contributed by atoms with van der Waals surface area (Å²) in [6.07, 6.45) is 9.20. The van der Waals surface area contributed by atoms with Gasteiger partial charge in [0.25, 0.3) is 0 Å². The molecule has 2 unspecified atom stereocenters. The fourth-order valence-corrected chi connectivity index (χ4v) is 4.14. The summed E-state index contributed by atoms with van der Waals surface area (Å²) in [5.74, 6) is 0. The molecule has 0 amide bonds. The molecule has 0 spiro atoms. The van der Waals surface area contributed by atoms with Gasteiger partial charge in [-0.25, -0.2) is 4.98 Å². The molecule has 2 atom stereocenters. The van der Waals surface area contributed by atoms with Gasteiger partial charge in [-0.3, -0.25) is 0 Å². The lowest BCUT2D eigenvalue weighted by Crippen LogP contribution is -2.55. The summed E-state index contributed by atoms with van der Waals surface area (Å²) in [4.78, 5) is 6.91. The molecule has 2 aromatic heterocycles. The van der Waals surface area contributed by atoms with Crippen LogP contribution in [0.15, 0.2) is 30.6 Å². The van der Waals surface area contributed by atoms with Crippen molar-refractivity contribution in [2.75, 3.05) is 7.05 Å². The van der Waals surface area contributed by atoms with Gasteiger partial charge in [0.15, 0.2) is 0 Å². The minimum Gasteiger partial charge on any atom is -0.383 e. The molecule has 20 heavy (non-hydrogen) atoms. The van der Waals surface area contributed by atoms with Gasteiger partial charge in [0.2, 0.25) is 0 Å². The van der Waals surface area contributed by atoms with E-state index in [1.165, 1.54) is 19.3 Å². The highest BCUT2D eigenvalue weighted by Gasteiger charge is 2.46. The van der Waals surface area contributed by atoms with Crippen molar-refractivity contribution in [1.82, 2.24) is 14.3 Å². The number of aromatic nitrogens is 2. The largest absolute Gasteiger partial charge is 0.383 e. The molecule has 106 valence electrons. The first-order chi connectivity index (χ1) is 9.67. The van der Waals surface area contributed by atoms with Crippen molar-refractivity contribution in [3.8, 4) is 0 Å². The molecule has 1 N–H and O–H groups in total. The molecule has 4 nitrogen and oxygen atoms in total. The van der Waals surface area contributed by atoms with Crippen LogP contribution < -0.4 is 0 Å². The van der Waals surface area contributed by atoms with Crippen LogP contribution in [0.5, 0.6) is 0 Å². The number of hydrogen-bond acceptors (Lipinski definition) is 3. The van der Waals surface area contributed by atoms with Crippen LogP contribution in [-0.4, -0.2) is 38.5 Å². The van der Waals surface area contributed by atoms with Crippen molar-refractivity contribution in [2.45, 2.75) is 49.8 Å². The normalized spacial score (nSPS) is 34.5. The van der Waals surface area contributed by atoms with Crippen molar-refractivity contribution >= 4 is 5.65 Å². The van der Waals surface area contributed by atoms with Crippen LogP contribution in [0.25, 0.3) is 5.65 Å². The van der Waals surface area contributed by atoms with Gasteiger partial charge >= 0.3 is 0 Å². The Bertz CT molecular complexity index is 621. The van der Waals surface area contributed by atoms with Gasteiger partial charge in [0.1, 0.15) is 11.2 Å². The monoisotopic (exact) mass is 271 g/mol. The third-order valence-electron chi connectivity index (χ3n) is 5.27. The Balaban J connectivity index is 1.77. The Hall–Kier alpha value is -1.39. The van der Waals surface area contributed by atoms with E-state index < -0.39 is 5.60 Å². The molecule has 4 heterocycles. The zero-order valence-electron chi connectivity index (χ0n) is 11.9. The number of aliphatic hydroxyl groups is 1. The Labute approximate surface area is 119 Å². The standard InChI is InChI=1S/C16H21N3O/c1-18-12-5-4-6-13(18)10-16(20,9-12)14-11-17-15-7-2-3-8-19(14)15/h2-3,7-8,11-13,20H,4-6,9-10H2,1H3. The van der Waals surface area contributed by atoms with Crippen LogP contribution in [0.4, 0.5) is 0 Å². The summed E-state index contributed by atoms with van der Waals surface area (Å²) in [6, 6.07) is 6.97. The van der Waals surface area contributed by atoms with Gasteiger partial charge in [-0.1, -0.05) is 12.5 Å². The average molecular weight is 271 g/mol. The molecule has 2 aromatic rings. The van der Waals surface area contributed by atoms with Crippen molar-refractivity contribution in [3.63, 3.8) is 0 Å².